The summed E-state index contributed by atoms with van der Waals surface area (Å²) in [4.78, 5) is 0. The smallest absolute Gasteiger partial charge is 0.124 e. The zero-order valence-corrected chi connectivity index (χ0v) is 14.4. The Labute approximate surface area is 138 Å². The Hall–Kier alpha value is -0.700. The van der Waals surface area contributed by atoms with E-state index in [4.69, 9.17) is 10.6 Å². The highest BCUT2D eigenvalue weighted by Gasteiger charge is 2.20. The number of nitrogens with one attached hydrogen (secondary N) is 1. The van der Waals surface area contributed by atoms with Gasteiger partial charge in [0.15, 0.2) is 0 Å². The van der Waals surface area contributed by atoms with Crippen molar-refractivity contribution in [1.29, 1.82) is 0 Å². The van der Waals surface area contributed by atoms with Crippen LogP contribution in [0.3, 0.4) is 0 Å². The molecular formula is C14H13BrFIN2O. The molecule has 0 spiro atoms. The van der Waals surface area contributed by atoms with Gasteiger partial charge < -0.3 is 4.74 Å². The summed E-state index contributed by atoms with van der Waals surface area (Å²) < 4.78 is 20.8. The molecule has 0 amide bonds. The number of rotatable bonds is 4. The highest BCUT2D eigenvalue weighted by molar-refractivity contribution is 14.1. The minimum atomic E-state index is -0.371. The number of hydrogen-bond acceptors (Lipinski definition) is 3. The molecule has 3 N–H and O–H groups in total. The summed E-state index contributed by atoms with van der Waals surface area (Å²) in [5.41, 5.74) is 4.30. The minimum Gasteiger partial charge on any atom is -0.496 e. The van der Waals surface area contributed by atoms with Crippen molar-refractivity contribution >= 4 is 38.5 Å². The topological polar surface area (TPSA) is 47.3 Å². The lowest BCUT2D eigenvalue weighted by Gasteiger charge is -2.21. The zero-order valence-electron chi connectivity index (χ0n) is 10.7. The third-order valence-corrected chi connectivity index (χ3v) is 4.33. The Bertz CT molecular complexity index is 624. The second-order valence-corrected chi connectivity index (χ2v) is 6.25. The molecule has 0 fully saturated rings. The van der Waals surface area contributed by atoms with Gasteiger partial charge in [0, 0.05) is 13.6 Å². The normalized spacial score (nSPS) is 12.2. The molecule has 2 aromatic carbocycles. The van der Waals surface area contributed by atoms with Crippen molar-refractivity contribution in [3.05, 3.63) is 61.4 Å². The number of benzene rings is 2. The molecule has 6 heteroatoms. The lowest BCUT2D eigenvalue weighted by molar-refractivity contribution is 0.402. The molecule has 0 saturated carbocycles. The van der Waals surface area contributed by atoms with Crippen LogP contribution < -0.4 is 16.0 Å². The van der Waals surface area contributed by atoms with Crippen LogP contribution in [0.4, 0.5) is 4.39 Å². The zero-order chi connectivity index (χ0) is 14.7. The molecule has 0 aromatic heterocycles. The van der Waals surface area contributed by atoms with Crippen LogP contribution in [-0.2, 0) is 0 Å². The molecule has 2 aromatic rings. The van der Waals surface area contributed by atoms with E-state index >= 15 is 0 Å². The fourth-order valence-corrected chi connectivity index (χ4v) is 3.00. The molecule has 3 nitrogen and oxygen atoms in total. The van der Waals surface area contributed by atoms with Crippen molar-refractivity contribution in [2.75, 3.05) is 7.11 Å². The maximum atomic E-state index is 13.5. The highest BCUT2D eigenvalue weighted by atomic mass is 127. The first-order chi connectivity index (χ1) is 9.56. The summed E-state index contributed by atoms with van der Waals surface area (Å²) in [6, 6.07) is 9.91. The van der Waals surface area contributed by atoms with E-state index in [1.54, 1.807) is 13.2 Å². The van der Waals surface area contributed by atoms with Gasteiger partial charge in [0.25, 0.3) is 0 Å². The SMILES string of the molecule is COc1ccc(F)cc1C(NN)c1cc(I)ccc1Br. The molecule has 2 rings (SSSR count). The maximum Gasteiger partial charge on any atom is 0.124 e. The second-order valence-electron chi connectivity index (χ2n) is 4.15. The molecule has 0 aliphatic heterocycles. The molecule has 0 heterocycles. The lowest BCUT2D eigenvalue weighted by atomic mass is 9.98. The summed E-state index contributed by atoms with van der Waals surface area (Å²) in [5.74, 6) is 5.93. The third-order valence-electron chi connectivity index (χ3n) is 2.94. The van der Waals surface area contributed by atoms with E-state index in [9.17, 15) is 4.39 Å². The van der Waals surface area contributed by atoms with Gasteiger partial charge in [-0.3, -0.25) is 5.84 Å². The van der Waals surface area contributed by atoms with Gasteiger partial charge >= 0.3 is 0 Å². The van der Waals surface area contributed by atoms with Crippen LogP contribution in [0, 0.1) is 9.39 Å². The van der Waals surface area contributed by atoms with E-state index in [0.717, 1.165) is 13.6 Å². The van der Waals surface area contributed by atoms with Crippen LogP contribution in [0.5, 0.6) is 5.75 Å². The van der Waals surface area contributed by atoms with E-state index in [1.165, 1.54) is 12.1 Å². The predicted molar refractivity (Wildman–Crippen MR) is 89.0 cm³/mol. The van der Waals surface area contributed by atoms with Gasteiger partial charge in [-0.25, -0.2) is 9.82 Å². The average Bonchev–Trinajstić information content (AvgIpc) is 2.44. The van der Waals surface area contributed by atoms with Crippen LogP contribution in [0.15, 0.2) is 40.9 Å². The third kappa shape index (κ3) is 3.30. The van der Waals surface area contributed by atoms with Crippen molar-refractivity contribution in [3.63, 3.8) is 0 Å². The van der Waals surface area contributed by atoms with Crippen molar-refractivity contribution < 1.29 is 9.13 Å². The average molecular weight is 451 g/mol. The van der Waals surface area contributed by atoms with Crippen molar-refractivity contribution in [1.82, 2.24) is 5.43 Å². The van der Waals surface area contributed by atoms with Crippen molar-refractivity contribution in [3.8, 4) is 5.75 Å². The molecule has 1 unspecified atom stereocenters. The quantitative estimate of drug-likeness (QED) is 0.423. The highest BCUT2D eigenvalue weighted by Crippen LogP contribution is 2.34. The van der Waals surface area contributed by atoms with Crippen LogP contribution in [0.2, 0.25) is 0 Å². The summed E-state index contributed by atoms with van der Waals surface area (Å²) in [7, 11) is 1.55. The van der Waals surface area contributed by atoms with E-state index in [-0.39, 0.29) is 11.9 Å². The first kappa shape index (κ1) is 15.7. The lowest BCUT2D eigenvalue weighted by Crippen LogP contribution is -2.29. The van der Waals surface area contributed by atoms with Gasteiger partial charge in [0.05, 0.1) is 13.2 Å². The monoisotopic (exact) mass is 450 g/mol. The molecule has 0 saturated heterocycles. The van der Waals surface area contributed by atoms with Gasteiger partial charge in [-0.05, 0) is 64.6 Å². The van der Waals surface area contributed by atoms with Crippen LogP contribution in [0.25, 0.3) is 0 Å². The second kappa shape index (κ2) is 6.84. The predicted octanol–water partition coefficient (Wildman–Crippen LogP) is 3.75. The first-order valence-electron chi connectivity index (χ1n) is 5.81. The molecule has 0 radical (unpaired) electrons. The van der Waals surface area contributed by atoms with Gasteiger partial charge in [0.2, 0.25) is 0 Å². The fraction of sp³-hybridized carbons (Fsp3) is 0.143. The van der Waals surface area contributed by atoms with E-state index in [1.807, 2.05) is 18.2 Å². The summed E-state index contributed by atoms with van der Waals surface area (Å²) in [6.45, 7) is 0. The Balaban J connectivity index is 2.57. The van der Waals surface area contributed by atoms with Crippen molar-refractivity contribution in [2.24, 2.45) is 5.84 Å². The van der Waals surface area contributed by atoms with Gasteiger partial charge in [-0.15, -0.1) is 0 Å². The molecule has 1 atom stereocenters. The van der Waals surface area contributed by atoms with E-state index in [2.05, 4.69) is 43.9 Å². The van der Waals surface area contributed by atoms with Crippen LogP contribution in [0.1, 0.15) is 17.2 Å². The Kier molecular flexibility index (Phi) is 5.36. The molecule has 0 bridgehead atoms. The minimum absolute atomic E-state index is 0.331. The van der Waals surface area contributed by atoms with Gasteiger partial charge in [-0.1, -0.05) is 15.9 Å². The number of hydrazine groups is 1. The molecule has 106 valence electrons. The van der Waals surface area contributed by atoms with Crippen LogP contribution in [-0.4, -0.2) is 7.11 Å². The molecule has 20 heavy (non-hydrogen) atoms. The van der Waals surface area contributed by atoms with Gasteiger partial charge in [-0.2, -0.15) is 0 Å². The molecule has 0 aliphatic carbocycles. The van der Waals surface area contributed by atoms with Crippen LogP contribution >= 0.6 is 38.5 Å². The summed E-state index contributed by atoms with van der Waals surface area (Å²) in [5, 5.41) is 0. The van der Waals surface area contributed by atoms with E-state index < -0.39 is 0 Å². The maximum absolute atomic E-state index is 13.5. The summed E-state index contributed by atoms with van der Waals surface area (Å²) >= 11 is 5.72. The number of nitrogens with two attached hydrogens (primary N) is 1. The standard InChI is InChI=1S/C14H13BrFIN2O/c1-20-13-5-2-8(16)6-11(13)14(19-18)10-7-9(17)3-4-12(10)15/h2-7,14,19H,18H2,1H3. The largest absolute Gasteiger partial charge is 0.496 e. The van der Waals surface area contributed by atoms with Gasteiger partial charge in [0.1, 0.15) is 11.6 Å². The number of ether oxygens (including phenoxy) is 1. The Morgan fingerprint density at radius 2 is 2.00 bits per heavy atom. The Morgan fingerprint density at radius 1 is 1.25 bits per heavy atom. The molecule has 0 aliphatic rings. The number of hydrogen-bond donors (Lipinski definition) is 2. The number of methoxy groups -OCH3 is 1. The van der Waals surface area contributed by atoms with Crippen molar-refractivity contribution in [2.45, 2.75) is 6.04 Å². The molecular weight excluding hydrogens is 438 g/mol. The first-order valence-corrected chi connectivity index (χ1v) is 7.68. The number of halogens is 3. The summed E-state index contributed by atoms with van der Waals surface area (Å²) in [6.07, 6.45) is 0. The fourth-order valence-electron chi connectivity index (χ4n) is 2.01. The Morgan fingerprint density at radius 3 is 2.65 bits per heavy atom. The van der Waals surface area contributed by atoms with E-state index in [0.29, 0.717) is 11.3 Å².